The number of carbonyl (C=O) groups is 1. The molecule has 1 atom stereocenters. The number of piperazine rings is 1. The Morgan fingerprint density at radius 3 is 2.68 bits per heavy atom. The second kappa shape index (κ2) is 5.21. The minimum absolute atomic E-state index is 0.0689. The lowest BCUT2D eigenvalue weighted by Gasteiger charge is -2.37. The maximum atomic E-state index is 12.5. The SMILES string of the molecule is CC(C)c1[nH]nc(C(=O)N2CCN(C)C(C)C2)c1N. The molecule has 6 nitrogen and oxygen atoms in total. The van der Waals surface area contributed by atoms with Crippen LogP contribution in [0.4, 0.5) is 5.69 Å². The van der Waals surface area contributed by atoms with Crippen LogP contribution in [0.1, 0.15) is 42.9 Å². The van der Waals surface area contributed by atoms with Gasteiger partial charge in [0.1, 0.15) is 0 Å². The van der Waals surface area contributed by atoms with E-state index in [1.165, 1.54) is 0 Å². The predicted molar refractivity (Wildman–Crippen MR) is 75.1 cm³/mol. The van der Waals surface area contributed by atoms with E-state index in [1.807, 2.05) is 18.7 Å². The molecule has 1 unspecified atom stereocenters. The molecule has 1 aliphatic rings. The Kier molecular flexibility index (Phi) is 3.80. The highest BCUT2D eigenvalue weighted by atomic mass is 16.2. The van der Waals surface area contributed by atoms with Crippen LogP contribution in [0, 0.1) is 0 Å². The first kappa shape index (κ1) is 13.9. The largest absolute Gasteiger partial charge is 0.395 e. The molecule has 2 heterocycles. The molecular weight excluding hydrogens is 242 g/mol. The van der Waals surface area contributed by atoms with Crippen LogP contribution in [0.25, 0.3) is 0 Å². The summed E-state index contributed by atoms with van der Waals surface area (Å²) in [4.78, 5) is 16.5. The van der Waals surface area contributed by atoms with E-state index < -0.39 is 0 Å². The van der Waals surface area contributed by atoms with Crippen LogP contribution in [0.15, 0.2) is 0 Å². The van der Waals surface area contributed by atoms with Crippen LogP contribution in [0.5, 0.6) is 0 Å². The standard InChI is InChI=1S/C13H23N5O/c1-8(2)11-10(14)12(16-15-11)13(19)18-6-5-17(4)9(3)7-18/h8-9H,5-7,14H2,1-4H3,(H,15,16). The minimum Gasteiger partial charge on any atom is -0.395 e. The Morgan fingerprint density at radius 1 is 1.47 bits per heavy atom. The Bertz CT molecular complexity index is 468. The quantitative estimate of drug-likeness (QED) is 0.832. The Balaban J connectivity index is 2.16. The van der Waals surface area contributed by atoms with Crippen LogP contribution in [0.3, 0.4) is 0 Å². The fraction of sp³-hybridized carbons (Fsp3) is 0.692. The summed E-state index contributed by atoms with van der Waals surface area (Å²) < 4.78 is 0. The van der Waals surface area contributed by atoms with E-state index in [0.717, 1.165) is 25.3 Å². The number of likely N-dealkylation sites (N-methyl/N-ethyl adjacent to an activating group) is 1. The molecule has 1 amide bonds. The molecule has 0 aromatic carbocycles. The number of nitrogens with two attached hydrogens (primary N) is 1. The molecule has 0 bridgehead atoms. The first-order valence-corrected chi connectivity index (χ1v) is 6.75. The lowest BCUT2D eigenvalue weighted by molar-refractivity contribution is 0.0568. The number of hydrogen-bond acceptors (Lipinski definition) is 4. The highest BCUT2D eigenvalue weighted by molar-refractivity contribution is 5.97. The highest BCUT2D eigenvalue weighted by Crippen LogP contribution is 2.23. The zero-order valence-electron chi connectivity index (χ0n) is 12.1. The van der Waals surface area contributed by atoms with Gasteiger partial charge in [0, 0.05) is 25.7 Å². The van der Waals surface area contributed by atoms with E-state index >= 15 is 0 Å². The zero-order chi connectivity index (χ0) is 14.2. The maximum absolute atomic E-state index is 12.5. The second-order valence-electron chi connectivity index (χ2n) is 5.64. The molecule has 0 spiro atoms. The van der Waals surface area contributed by atoms with Crippen molar-refractivity contribution in [2.75, 3.05) is 32.4 Å². The van der Waals surface area contributed by atoms with Crippen molar-refractivity contribution in [1.82, 2.24) is 20.0 Å². The van der Waals surface area contributed by atoms with Gasteiger partial charge in [-0.3, -0.25) is 9.89 Å². The minimum atomic E-state index is -0.0689. The molecule has 1 aromatic rings. The fourth-order valence-corrected chi connectivity index (χ4v) is 2.35. The fourth-order valence-electron chi connectivity index (χ4n) is 2.35. The molecule has 0 saturated carbocycles. The third kappa shape index (κ3) is 2.58. The lowest BCUT2D eigenvalue weighted by Crippen LogP contribution is -2.52. The van der Waals surface area contributed by atoms with E-state index in [-0.39, 0.29) is 11.8 Å². The molecule has 2 rings (SSSR count). The maximum Gasteiger partial charge on any atom is 0.276 e. The van der Waals surface area contributed by atoms with E-state index in [2.05, 4.69) is 29.1 Å². The van der Waals surface area contributed by atoms with Gasteiger partial charge in [0.15, 0.2) is 5.69 Å². The molecule has 106 valence electrons. The first-order chi connectivity index (χ1) is 8.91. The van der Waals surface area contributed by atoms with Crippen molar-refractivity contribution in [2.24, 2.45) is 0 Å². The van der Waals surface area contributed by atoms with Gasteiger partial charge in [0.05, 0.1) is 11.4 Å². The number of anilines is 1. The van der Waals surface area contributed by atoms with Gasteiger partial charge in [-0.15, -0.1) is 0 Å². The van der Waals surface area contributed by atoms with Crippen LogP contribution < -0.4 is 5.73 Å². The summed E-state index contributed by atoms with van der Waals surface area (Å²) in [6.07, 6.45) is 0. The van der Waals surface area contributed by atoms with Gasteiger partial charge in [-0.05, 0) is 19.9 Å². The summed E-state index contributed by atoms with van der Waals surface area (Å²) >= 11 is 0. The van der Waals surface area contributed by atoms with E-state index in [9.17, 15) is 4.79 Å². The lowest BCUT2D eigenvalue weighted by atomic mass is 10.1. The molecule has 3 N–H and O–H groups in total. The van der Waals surface area contributed by atoms with E-state index in [1.54, 1.807) is 0 Å². The van der Waals surface area contributed by atoms with Crippen LogP contribution >= 0.6 is 0 Å². The summed E-state index contributed by atoms with van der Waals surface area (Å²) in [7, 11) is 2.08. The Hall–Kier alpha value is -1.56. The van der Waals surface area contributed by atoms with E-state index in [4.69, 9.17) is 5.73 Å². The number of aromatic amines is 1. The van der Waals surface area contributed by atoms with Crippen molar-refractivity contribution in [2.45, 2.75) is 32.7 Å². The molecule has 6 heteroatoms. The number of carbonyl (C=O) groups excluding carboxylic acids is 1. The number of aromatic nitrogens is 2. The molecule has 1 aliphatic heterocycles. The Labute approximate surface area is 113 Å². The van der Waals surface area contributed by atoms with Gasteiger partial charge in [-0.2, -0.15) is 5.10 Å². The smallest absolute Gasteiger partial charge is 0.276 e. The number of H-pyrrole nitrogens is 1. The van der Waals surface area contributed by atoms with Crippen molar-refractivity contribution in [3.8, 4) is 0 Å². The topological polar surface area (TPSA) is 78.2 Å². The zero-order valence-corrected chi connectivity index (χ0v) is 12.1. The number of nitrogens with one attached hydrogen (secondary N) is 1. The number of nitrogens with zero attached hydrogens (tertiary/aromatic N) is 3. The average Bonchev–Trinajstić information content (AvgIpc) is 2.74. The van der Waals surface area contributed by atoms with Crippen LogP contribution in [-0.2, 0) is 0 Å². The number of hydrogen-bond donors (Lipinski definition) is 2. The van der Waals surface area contributed by atoms with Crippen molar-refractivity contribution < 1.29 is 4.79 Å². The van der Waals surface area contributed by atoms with Crippen LogP contribution in [-0.4, -0.2) is 58.6 Å². The molecule has 1 saturated heterocycles. The average molecular weight is 265 g/mol. The summed E-state index contributed by atoms with van der Waals surface area (Å²) in [5, 5.41) is 6.98. The monoisotopic (exact) mass is 265 g/mol. The molecule has 1 aromatic heterocycles. The highest BCUT2D eigenvalue weighted by Gasteiger charge is 2.28. The van der Waals surface area contributed by atoms with Crippen LogP contribution in [0.2, 0.25) is 0 Å². The van der Waals surface area contributed by atoms with Gasteiger partial charge >= 0.3 is 0 Å². The van der Waals surface area contributed by atoms with Gasteiger partial charge in [0.25, 0.3) is 5.91 Å². The first-order valence-electron chi connectivity index (χ1n) is 6.75. The van der Waals surface area contributed by atoms with Gasteiger partial charge in [-0.1, -0.05) is 13.8 Å². The summed E-state index contributed by atoms with van der Waals surface area (Å²) in [5.74, 6) is 0.168. The number of nitrogen functional groups attached to an aromatic ring is 1. The van der Waals surface area contributed by atoms with Gasteiger partial charge in [-0.25, -0.2) is 0 Å². The van der Waals surface area contributed by atoms with E-state index in [0.29, 0.717) is 17.4 Å². The van der Waals surface area contributed by atoms with Crippen molar-refractivity contribution in [3.05, 3.63) is 11.4 Å². The van der Waals surface area contributed by atoms with Crippen molar-refractivity contribution in [3.63, 3.8) is 0 Å². The van der Waals surface area contributed by atoms with Gasteiger partial charge in [0.2, 0.25) is 0 Å². The number of amides is 1. The summed E-state index contributed by atoms with van der Waals surface area (Å²) in [6, 6.07) is 0.363. The van der Waals surface area contributed by atoms with Gasteiger partial charge < -0.3 is 15.5 Å². The third-order valence-electron chi connectivity index (χ3n) is 3.86. The molecule has 0 aliphatic carbocycles. The molecule has 0 radical (unpaired) electrons. The molecule has 1 fully saturated rings. The Morgan fingerprint density at radius 2 is 2.16 bits per heavy atom. The number of rotatable bonds is 2. The van der Waals surface area contributed by atoms with Crippen molar-refractivity contribution in [1.29, 1.82) is 0 Å². The summed E-state index contributed by atoms with van der Waals surface area (Å²) in [6.45, 7) is 8.49. The third-order valence-corrected chi connectivity index (χ3v) is 3.86. The molecule has 19 heavy (non-hydrogen) atoms. The van der Waals surface area contributed by atoms with Crippen molar-refractivity contribution >= 4 is 11.6 Å². The second-order valence-corrected chi connectivity index (χ2v) is 5.64. The summed E-state index contributed by atoms with van der Waals surface area (Å²) in [5.41, 5.74) is 7.71. The predicted octanol–water partition coefficient (Wildman–Crippen LogP) is 0.891. The molecular formula is C13H23N5O. The normalized spacial score (nSPS) is 21.1.